The van der Waals surface area contributed by atoms with Crippen LogP contribution in [-0.2, 0) is 29.1 Å². The van der Waals surface area contributed by atoms with Gasteiger partial charge in [0.25, 0.3) is 0 Å². The summed E-state index contributed by atoms with van der Waals surface area (Å²) in [6.07, 6.45) is 6.74. The van der Waals surface area contributed by atoms with E-state index in [0.717, 1.165) is 38.6 Å². The van der Waals surface area contributed by atoms with Gasteiger partial charge in [0.1, 0.15) is 9.84 Å². The quantitative estimate of drug-likeness (QED) is 0.447. The minimum Gasteiger partial charge on any atom is -0.314 e. The van der Waals surface area contributed by atoms with Crippen molar-refractivity contribution >= 4 is 22.2 Å². The Bertz CT molecular complexity index is 899. The second-order valence-electron chi connectivity index (χ2n) is 8.64. The van der Waals surface area contributed by atoms with Gasteiger partial charge in [-0.2, -0.15) is 0 Å². The van der Waals surface area contributed by atoms with E-state index in [2.05, 4.69) is 60.8 Å². The smallest absolute Gasteiger partial charge is 0.150 e. The van der Waals surface area contributed by atoms with Crippen LogP contribution in [-0.4, -0.2) is 32.5 Å². The topological polar surface area (TPSA) is 46.2 Å². The Kier molecular flexibility index (Phi) is 10.5. The molecule has 0 heterocycles. The molecule has 0 bridgehead atoms. The Morgan fingerprint density at radius 2 is 1.74 bits per heavy atom. The van der Waals surface area contributed by atoms with Crippen molar-refractivity contribution < 1.29 is 8.42 Å². The Labute approximate surface area is 195 Å². The zero-order valence-electron chi connectivity index (χ0n) is 19.0. The van der Waals surface area contributed by atoms with Crippen LogP contribution in [0, 0.1) is 0 Å². The molecule has 0 saturated carbocycles. The van der Waals surface area contributed by atoms with Crippen LogP contribution in [0.5, 0.6) is 0 Å². The van der Waals surface area contributed by atoms with E-state index in [0.29, 0.717) is 29.9 Å². The molecule has 2 aromatic carbocycles. The molecule has 2 unspecified atom stereocenters. The normalized spacial score (nSPS) is 18.3. The number of aryl methyl sites for hydroxylation is 2. The highest BCUT2D eigenvalue weighted by Gasteiger charge is 2.29. The molecule has 0 fully saturated rings. The molecule has 2 atom stereocenters. The number of likely N-dealkylation sites (N-methyl/N-ethyl adjacent to an activating group) is 1. The predicted octanol–water partition coefficient (Wildman–Crippen LogP) is 5.51. The second-order valence-corrected chi connectivity index (χ2v) is 10.9. The fourth-order valence-corrected chi connectivity index (χ4v) is 6.26. The van der Waals surface area contributed by atoms with E-state index in [-0.39, 0.29) is 12.4 Å². The molecular weight excluding hydrogens is 426 g/mol. The highest BCUT2D eigenvalue weighted by Crippen LogP contribution is 2.35. The van der Waals surface area contributed by atoms with E-state index < -0.39 is 9.84 Å². The van der Waals surface area contributed by atoms with Crippen LogP contribution in [0.25, 0.3) is 0 Å². The summed E-state index contributed by atoms with van der Waals surface area (Å²) in [5.41, 5.74) is 5.72. The van der Waals surface area contributed by atoms with Crippen molar-refractivity contribution in [2.24, 2.45) is 0 Å². The van der Waals surface area contributed by atoms with Crippen molar-refractivity contribution in [3.8, 4) is 0 Å². The lowest BCUT2D eigenvalue weighted by atomic mass is 9.75. The van der Waals surface area contributed by atoms with Crippen molar-refractivity contribution in [1.82, 2.24) is 5.32 Å². The van der Waals surface area contributed by atoms with Crippen LogP contribution in [0.1, 0.15) is 67.7 Å². The Hall–Kier alpha value is -1.36. The standard InChI is InChI=1S/C26H37NO2S.ClH/c1-3-17-30(28,29)18-9-8-12-22-13-14-23-15-16-26(27-4-2)25(24(23)19-22)20-21-10-6-5-7-11-21;/h5-7,10-11,13-14,19,25-27H,3-4,8-9,12,15-18,20H2,1-2H3;1H. The number of rotatable bonds is 11. The summed E-state index contributed by atoms with van der Waals surface area (Å²) >= 11 is 0. The van der Waals surface area contributed by atoms with Crippen LogP contribution < -0.4 is 5.32 Å². The van der Waals surface area contributed by atoms with Gasteiger partial charge in [-0.05, 0) is 73.7 Å². The lowest BCUT2D eigenvalue weighted by Gasteiger charge is -2.35. The van der Waals surface area contributed by atoms with E-state index in [9.17, 15) is 8.42 Å². The molecule has 172 valence electrons. The Morgan fingerprint density at radius 3 is 2.45 bits per heavy atom. The van der Waals surface area contributed by atoms with Crippen molar-refractivity contribution in [3.05, 3.63) is 70.8 Å². The van der Waals surface area contributed by atoms with Crippen molar-refractivity contribution in [3.63, 3.8) is 0 Å². The maximum Gasteiger partial charge on any atom is 0.150 e. The molecule has 3 nitrogen and oxygen atoms in total. The van der Waals surface area contributed by atoms with Crippen LogP contribution in [0.3, 0.4) is 0 Å². The molecule has 1 aliphatic carbocycles. The van der Waals surface area contributed by atoms with E-state index in [1.54, 1.807) is 0 Å². The minimum absolute atomic E-state index is 0. The summed E-state index contributed by atoms with van der Waals surface area (Å²) in [7, 11) is -2.87. The summed E-state index contributed by atoms with van der Waals surface area (Å²) in [5.74, 6) is 1.13. The van der Waals surface area contributed by atoms with Gasteiger partial charge < -0.3 is 5.32 Å². The number of hydrogen-bond donors (Lipinski definition) is 1. The summed E-state index contributed by atoms with van der Waals surface area (Å²) in [4.78, 5) is 0. The number of sulfone groups is 1. The molecule has 1 N–H and O–H groups in total. The third-order valence-corrected chi connectivity index (χ3v) is 8.21. The third kappa shape index (κ3) is 7.62. The van der Waals surface area contributed by atoms with Gasteiger partial charge in [-0.25, -0.2) is 8.42 Å². The minimum atomic E-state index is -2.87. The van der Waals surface area contributed by atoms with Gasteiger partial charge >= 0.3 is 0 Å². The highest BCUT2D eigenvalue weighted by atomic mass is 35.5. The number of hydrogen-bond acceptors (Lipinski definition) is 3. The van der Waals surface area contributed by atoms with Gasteiger partial charge in [0.05, 0.1) is 5.75 Å². The average molecular weight is 464 g/mol. The molecule has 0 spiro atoms. The van der Waals surface area contributed by atoms with E-state index in [1.807, 2.05) is 6.92 Å². The van der Waals surface area contributed by atoms with E-state index >= 15 is 0 Å². The average Bonchev–Trinajstić information content (AvgIpc) is 2.74. The molecule has 0 radical (unpaired) electrons. The summed E-state index contributed by atoms with van der Waals surface area (Å²) < 4.78 is 23.9. The van der Waals surface area contributed by atoms with E-state index in [1.165, 1.54) is 28.7 Å². The fourth-order valence-electron chi connectivity index (χ4n) is 4.79. The molecule has 0 aliphatic heterocycles. The molecule has 0 aromatic heterocycles. The lowest BCUT2D eigenvalue weighted by Crippen LogP contribution is -2.39. The molecule has 3 rings (SSSR count). The first-order chi connectivity index (χ1) is 14.5. The number of fused-ring (bicyclic) bond motifs is 1. The third-order valence-electron chi connectivity index (χ3n) is 6.27. The fraction of sp³-hybridized carbons (Fsp3) is 0.538. The first-order valence-electron chi connectivity index (χ1n) is 11.6. The predicted molar refractivity (Wildman–Crippen MR) is 134 cm³/mol. The first kappa shape index (κ1) is 25.9. The molecule has 5 heteroatoms. The van der Waals surface area contributed by atoms with Gasteiger partial charge in [-0.1, -0.05) is 62.4 Å². The number of nitrogens with one attached hydrogen (secondary N) is 1. The lowest BCUT2D eigenvalue weighted by molar-refractivity contribution is 0.392. The maximum atomic E-state index is 11.9. The van der Waals surface area contributed by atoms with Gasteiger partial charge in [0.15, 0.2) is 0 Å². The highest BCUT2D eigenvalue weighted by molar-refractivity contribution is 7.91. The number of unbranched alkanes of at least 4 members (excludes halogenated alkanes) is 1. The van der Waals surface area contributed by atoms with Gasteiger partial charge in [0, 0.05) is 17.7 Å². The second kappa shape index (κ2) is 12.6. The van der Waals surface area contributed by atoms with Crippen LogP contribution in [0.15, 0.2) is 48.5 Å². The van der Waals surface area contributed by atoms with Crippen molar-refractivity contribution in [2.75, 3.05) is 18.1 Å². The molecule has 1 aliphatic rings. The zero-order chi connectivity index (χ0) is 21.4. The summed E-state index contributed by atoms with van der Waals surface area (Å²) in [6, 6.07) is 18.3. The van der Waals surface area contributed by atoms with E-state index in [4.69, 9.17) is 0 Å². The van der Waals surface area contributed by atoms with Crippen LogP contribution >= 0.6 is 12.4 Å². The number of halogens is 1. The van der Waals surface area contributed by atoms with Crippen LogP contribution in [0.2, 0.25) is 0 Å². The van der Waals surface area contributed by atoms with Gasteiger partial charge in [-0.3, -0.25) is 0 Å². The van der Waals surface area contributed by atoms with Crippen molar-refractivity contribution in [1.29, 1.82) is 0 Å². The summed E-state index contributed by atoms with van der Waals surface area (Å²) in [6.45, 7) is 5.12. The maximum absolute atomic E-state index is 11.9. The van der Waals surface area contributed by atoms with Crippen molar-refractivity contribution in [2.45, 2.75) is 70.8 Å². The van der Waals surface area contributed by atoms with Gasteiger partial charge in [-0.15, -0.1) is 12.4 Å². The first-order valence-corrected chi connectivity index (χ1v) is 13.4. The molecule has 0 saturated heterocycles. The zero-order valence-corrected chi connectivity index (χ0v) is 20.6. The summed E-state index contributed by atoms with van der Waals surface area (Å²) in [5, 5.41) is 3.73. The molecular formula is C26H38ClNO2S. The Balaban J connectivity index is 0.00000341. The SMILES string of the molecule is CCCS(=O)(=O)CCCCc1ccc2c(c1)C(Cc1ccccc1)C(NCC)CC2.Cl. The Morgan fingerprint density at radius 1 is 0.968 bits per heavy atom. The van der Waals surface area contributed by atoms with Gasteiger partial charge in [0.2, 0.25) is 0 Å². The van der Waals surface area contributed by atoms with Crippen LogP contribution in [0.4, 0.5) is 0 Å². The molecule has 2 aromatic rings. The largest absolute Gasteiger partial charge is 0.314 e. The number of benzene rings is 2. The molecule has 31 heavy (non-hydrogen) atoms. The monoisotopic (exact) mass is 463 g/mol. The molecule has 0 amide bonds.